The van der Waals surface area contributed by atoms with Gasteiger partial charge in [0.25, 0.3) is 0 Å². The number of rotatable bonds is 1. The van der Waals surface area contributed by atoms with Crippen LogP contribution >= 0.6 is 10.9 Å². The highest BCUT2D eigenvalue weighted by molar-refractivity contribution is 8.11. The van der Waals surface area contributed by atoms with Gasteiger partial charge in [-0.15, -0.1) is 0 Å². The van der Waals surface area contributed by atoms with E-state index < -0.39 is 16.2 Å². The van der Waals surface area contributed by atoms with Crippen molar-refractivity contribution < 1.29 is 12.7 Å². The molecule has 0 aliphatic carbocycles. The van der Waals surface area contributed by atoms with Crippen molar-refractivity contribution in [2.24, 2.45) is 0 Å². The summed E-state index contributed by atoms with van der Waals surface area (Å²) in [6, 6.07) is 5.96. The molecule has 1 rings (SSSR count). The van der Waals surface area contributed by atoms with Crippen LogP contribution in [0.25, 0.3) is 0 Å². The lowest BCUT2D eigenvalue weighted by Crippen LogP contribution is -1.78. The Hall–Kier alpha value is -0.770. The van der Waals surface area contributed by atoms with Gasteiger partial charge in [0.1, 0.15) is 0 Å². The van der Waals surface area contributed by atoms with Crippen molar-refractivity contribution in [2.75, 3.05) is 0 Å². The molecular weight excluding hydrogens is 185 g/mol. The number of hydrogen-bond donors (Lipinski definition) is 0. The highest BCUT2D eigenvalue weighted by atomic mass is 32.2. The first-order valence-corrected chi connectivity index (χ1v) is 4.39. The third-order valence-corrected chi connectivity index (χ3v) is 2.32. The fraction of sp³-hybridized carbons (Fsp3) is 0.125. The zero-order valence-corrected chi connectivity index (χ0v) is 7.17. The van der Waals surface area contributed by atoms with Gasteiger partial charge in [-0.1, -0.05) is 17.7 Å². The Bertz CT molecular complexity index is 299. The molecule has 0 aliphatic rings. The lowest BCUT2D eigenvalue weighted by molar-refractivity contribution is 0.638. The molecule has 12 heavy (non-hydrogen) atoms. The fourth-order valence-corrected chi connectivity index (χ4v) is 1.30. The molecule has 0 amide bonds. The summed E-state index contributed by atoms with van der Waals surface area (Å²) in [4.78, 5) is 0.0283. The minimum atomic E-state index is -2.51. The smallest absolute Gasteiger partial charge is 0.163 e. The molecule has 0 aromatic heterocycles. The van der Waals surface area contributed by atoms with Gasteiger partial charge >= 0.3 is 5.37 Å². The van der Waals surface area contributed by atoms with E-state index >= 15 is 0 Å². The molecular formula is C8H7F3S. The van der Waals surface area contributed by atoms with Gasteiger partial charge in [-0.25, -0.2) is 0 Å². The van der Waals surface area contributed by atoms with Crippen LogP contribution in [-0.4, -0.2) is 5.37 Å². The summed E-state index contributed by atoms with van der Waals surface area (Å²) < 4.78 is 36.2. The van der Waals surface area contributed by atoms with Crippen LogP contribution in [0.1, 0.15) is 5.56 Å². The van der Waals surface area contributed by atoms with Gasteiger partial charge < -0.3 is 0 Å². The quantitative estimate of drug-likeness (QED) is 0.471. The van der Waals surface area contributed by atoms with Crippen molar-refractivity contribution in [3.63, 3.8) is 0 Å². The highest BCUT2D eigenvalue weighted by Gasteiger charge is 2.04. The molecule has 66 valence electrons. The Morgan fingerprint density at radius 3 is 2.08 bits per heavy atom. The lowest BCUT2D eigenvalue weighted by Gasteiger charge is -1.97. The van der Waals surface area contributed by atoms with Crippen LogP contribution in [0.15, 0.2) is 29.2 Å². The normalized spacial score (nSPS) is 12.7. The van der Waals surface area contributed by atoms with Crippen LogP contribution in [0.2, 0.25) is 0 Å². The number of aryl methyl sites for hydroxylation is 1. The average Bonchev–Trinajstić information content (AvgIpc) is 2.04. The second-order valence-electron chi connectivity index (χ2n) is 2.30. The molecule has 0 nitrogen and oxygen atoms in total. The Labute approximate surface area is 71.2 Å². The van der Waals surface area contributed by atoms with Crippen LogP contribution in [0, 0.1) is 6.92 Å². The summed E-state index contributed by atoms with van der Waals surface area (Å²) in [7, 11) is -2.51. The first-order chi connectivity index (χ1) is 5.61. The molecule has 0 spiro atoms. The Balaban J connectivity index is 3.06. The largest absolute Gasteiger partial charge is 0.328 e. The molecule has 4 heteroatoms. The maximum atomic E-state index is 12.6. The zero-order valence-electron chi connectivity index (χ0n) is 6.35. The first kappa shape index (κ1) is 9.32. The lowest BCUT2D eigenvalue weighted by atomic mass is 10.2. The van der Waals surface area contributed by atoms with Gasteiger partial charge in [0.2, 0.25) is 0 Å². The summed E-state index contributed by atoms with van der Waals surface area (Å²) in [5.41, 5.74) is 0.926. The standard InChI is InChI=1S/C8H7F3S/c1-6-2-4-7(5-3-6)12(11)8(9)10/h2-5H,1H3. The first-order valence-electron chi connectivity index (χ1n) is 3.26. The van der Waals surface area contributed by atoms with Crippen LogP contribution in [0.4, 0.5) is 12.7 Å². The third kappa shape index (κ3) is 2.11. The summed E-state index contributed by atoms with van der Waals surface area (Å²) in [6.07, 6.45) is 0. The number of benzene rings is 1. The molecule has 0 saturated carbocycles. The van der Waals surface area contributed by atoms with Crippen LogP contribution in [0.5, 0.6) is 0 Å². The molecule has 0 saturated heterocycles. The molecule has 1 aromatic rings. The van der Waals surface area contributed by atoms with Crippen molar-refractivity contribution in [3.8, 4) is 0 Å². The van der Waals surface area contributed by atoms with E-state index in [1.54, 1.807) is 12.1 Å². The average molecular weight is 192 g/mol. The Morgan fingerprint density at radius 1 is 1.17 bits per heavy atom. The second kappa shape index (κ2) is 3.76. The molecule has 1 atom stereocenters. The van der Waals surface area contributed by atoms with Crippen LogP contribution in [-0.2, 0) is 0 Å². The van der Waals surface area contributed by atoms with E-state index in [4.69, 9.17) is 0 Å². The van der Waals surface area contributed by atoms with E-state index in [2.05, 4.69) is 0 Å². The van der Waals surface area contributed by atoms with Crippen LogP contribution < -0.4 is 0 Å². The number of hydrogen-bond acceptors (Lipinski definition) is 0. The molecule has 0 aliphatic heterocycles. The van der Waals surface area contributed by atoms with Gasteiger partial charge in [-0.3, -0.25) is 0 Å². The summed E-state index contributed by atoms with van der Waals surface area (Å²) in [6.45, 7) is 1.82. The monoisotopic (exact) mass is 192 g/mol. The Kier molecular flexibility index (Phi) is 2.92. The summed E-state index contributed by atoms with van der Waals surface area (Å²) in [5.74, 6) is 0. The minimum Gasteiger partial charge on any atom is -0.163 e. The Morgan fingerprint density at radius 2 is 1.67 bits per heavy atom. The van der Waals surface area contributed by atoms with E-state index in [9.17, 15) is 12.7 Å². The van der Waals surface area contributed by atoms with Gasteiger partial charge in [0.05, 0.1) is 10.9 Å². The maximum absolute atomic E-state index is 12.6. The highest BCUT2D eigenvalue weighted by Crippen LogP contribution is 2.30. The van der Waals surface area contributed by atoms with E-state index in [1.165, 1.54) is 12.1 Å². The summed E-state index contributed by atoms with van der Waals surface area (Å²) >= 11 is 0. The molecule has 0 N–H and O–H groups in total. The SMILES string of the molecule is Cc1ccc(S(F)=C(F)F)cc1. The van der Waals surface area contributed by atoms with E-state index in [-0.39, 0.29) is 4.90 Å². The maximum Gasteiger partial charge on any atom is 0.328 e. The van der Waals surface area contributed by atoms with Crippen molar-refractivity contribution in [1.29, 1.82) is 0 Å². The molecule has 1 aromatic carbocycles. The fourth-order valence-electron chi connectivity index (χ4n) is 0.747. The van der Waals surface area contributed by atoms with Crippen molar-refractivity contribution >= 4 is 16.2 Å². The molecule has 0 bridgehead atoms. The van der Waals surface area contributed by atoms with Gasteiger partial charge in [-0.2, -0.15) is 12.7 Å². The van der Waals surface area contributed by atoms with Gasteiger partial charge in [0, 0.05) is 4.90 Å². The van der Waals surface area contributed by atoms with Gasteiger partial charge in [-0.05, 0) is 19.1 Å². The second-order valence-corrected chi connectivity index (χ2v) is 3.59. The molecule has 1 unspecified atom stereocenters. The van der Waals surface area contributed by atoms with Crippen molar-refractivity contribution in [2.45, 2.75) is 11.8 Å². The molecule has 0 heterocycles. The van der Waals surface area contributed by atoms with Gasteiger partial charge in [0.15, 0.2) is 0 Å². The third-order valence-electron chi connectivity index (χ3n) is 1.36. The van der Waals surface area contributed by atoms with E-state index in [1.807, 2.05) is 6.92 Å². The topological polar surface area (TPSA) is 0 Å². The predicted molar refractivity (Wildman–Crippen MR) is 45.4 cm³/mol. The van der Waals surface area contributed by atoms with Crippen LogP contribution in [0.3, 0.4) is 0 Å². The predicted octanol–water partition coefficient (Wildman–Crippen LogP) is 3.53. The minimum absolute atomic E-state index is 0.0283. The van der Waals surface area contributed by atoms with Crippen molar-refractivity contribution in [1.82, 2.24) is 0 Å². The van der Waals surface area contributed by atoms with E-state index in [0.29, 0.717) is 0 Å². The van der Waals surface area contributed by atoms with E-state index in [0.717, 1.165) is 5.56 Å². The van der Waals surface area contributed by atoms with Crippen molar-refractivity contribution in [3.05, 3.63) is 29.8 Å². The number of halogens is 3. The summed E-state index contributed by atoms with van der Waals surface area (Å²) in [5, 5.41) is -2.17. The molecule has 0 fully saturated rings. The molecule has 0 radical (unpaired) electrons. The zero-order chi connectivity index (χ0) is 9.14.